The van der Waals surface area contributed by atoms with Crippen LogP contribution in [0.25, 0.3) is 0 Å². The van der Waals surface area contributed by atoms with E-state index < -0.39 is 6.04 Å². The monoisotopic (exact) mass is 469 g/mol. The van der Waals surface area contributed by atoms with Crippen molar-refractivity contribution in [3.8, 4) is 0 Å². The molecule has 2 aliphatic rings. The number of fused-ring (bicyclic) bond motifs is 1. The van der Waals surface area contributed by atoms with Crippen LogP contribution in [0.5, 0.6) is 0 Å². The molecule has 1 saturated heterocycles. The molecule has 172 valence electrons. The van der Waals surface area contributed by atoms with Crippen LogP contribution in [0.4, 0.5) is 0 Å². The van der Waals surface area contributed by atoms with E-state index in [0.717, 1.165) is 10.5 Å². The summed E-state index contributed by atoms with van der Waals surface area (Å²) in [5.41, 5.74) is 1.52. The fourth-order valence-electron chi connectivity index (χ4n) is 4.29. The molecule has 0 spiro atoms. The van der Waals surface area contributed by atoms with Gasteiger partial charge in [0.2, 0.25) is 5.91 Å². The molecule has 2 heterocycles. The number of ether oxygens (including phenoxy) is 1. The van der Waals surface area contributed by atoms with E-state index in [4.69, 9.17) is 16.3 Å². The molecular weight excluding hydrogens is 446 g/mol. The lowest BCUT2D eigenvalue weighted by Gasteiger charge is -2.38. The first-order valence-corrected chi connectivity index (χ1v) is 11.1. The summed E-state index contributed by atoms with van der Waals surface area (Å²) in [7, 11) is 1.35. The van der Waals surface area contributed by atoms with Gasteiger partial charge in [-0.15, -0.1) is 0 Å². The number of halogens is 1. The molecule has 0 aromatic heterocycles. The number of rotatable bonds is 6. The van der Waals surface area contributed by atoms with Crippen LogP contribution in [0.1, 0.15) is 38.7 Å². The summed E-state index contributed by atoms with van der Waals surface area (Å²) >= 11 is 5.97. The Morgan fingerprint density at radius 2 is 1.52 bits per heavy atom. The minimum absolute atomic E-state index is 0.0426. The number of methoxy groups -OCH3 is 1. The standard InChI is InChI=1S/C24H24ClN3O5/c1-33-24(32)21(16-6-8-17(25)9-7-16)27-14-12-26(13-15-27)20(29)10-11-28-22(30)18-4-2-3-5-19(18)23(28)31/h2-9,21H,10-15H2,1H3. The third-order valence-electron chi connectivity index (χ3n) is 6.07. The summed E-state index contributed by atoms with van der Waals surface area (Å²) in [6.45, 7) is 1.88. The van der Waals surface area contributed by atoms with Gasteiger partial charge in [0, 0.05) is 44.2 Å². The average Bonchev–Trinajstić information content (AvgIpc) is 3.09. The number of amides is 3. The fraction of sp³-hybridized carbons (Fsp3) is 0.333. The Hall–Kier alpha value is -3.23. The molecule has 0 N–H and O–H groups in total. The second kappa shape index (κ2) is 9.72. The van der Waals surface area contributed by atoms with Crippen LogP contribution in [0.3, 0.4) is 0 Å². The van der Waals surface area contributed by atoms with Gasteiger partial charge in [-0.1, -0.05) is 35.9 Å². The zero-order valence-corrected chi connectivity index (χ0v) is 19.0. The first kappa shape index (κ1) is 22.9. The van der Waals surface area contributed by atoms with Crippen LogP contribution in [-0.4, -0.2) is 78.2 Å². The molecule has 1 atom stereocenters. The fourth-order valence-corrected chi connectivity index (χ4v) is 4.42. The maximum Gasteiger partial charge on any atom is 0.327 e. The summed E-state index contributed by atoms with van der Waals surface area (Å²) in [6.07, 6.45) is 0.0586. The summed E-state index contributed by atoms with van der Waals surface area (Å²) in [4.78, 5) is 55.0. The number of carbonyl (C=O) groups excluding carboxylic acids is 4. The number of hydrogen-bond acceptors (Lipinski definition) is 6. The molecule has 33 heavy (non-hydrogen) atoms. The van der Waals surface area contributed by atoms with Crippen LogP contribution in [0.2, 0.25) is 5.02 Å². The normalized spacial score (nSPS) is 17.2. The number of nitrogens with zero attached hydrogens (tertiary/aromatic N) is 3. The van der Waals surface area contributed by atoms with Gasteiger partial charge in [-0.3, -0.25) is 24.2 Å². The Bertz CT molecular complexity index is 1040. The second-order valence-electron chi connectivity index (χ2n) is 7.95. The van der Waals surface area contributed by atoms with Crippen molar-refractivity contribution in [2.75, 3.05) is 39.8 Å². The summed E-state index contributed by atoms with van der Waals surface area (Å²) in [5, 5.41) is 0.579. The molecule has 2 aromatic carbocycles. The van der Waals surface area contributed by atoms with E-state index in [1.807, 2.05) is 4.90 Å². The average molecular weight is 470 g/mol. The highest BCUT2D eigenvalue weighted by Crippen LogP contribution is 2.26. The quantitative estimate of drug-likeness (QED) is 0.477. The van der Waals surface area contributed by atoms with Crippen LogP contribution >= 0.6 is 11.6 Å². The van der Waals surface area contributed by atoms with Gasteiger partial charge in [0.15, 0.2) is 0 Å². The molecule has 2 aromatic rings. The topological polar surface area (TPSA) is 87.2 Å². The minimum Gasteiger partial charge on any atom is -0.468 e. The van der Waals surface area contributed by atoms with Crippen molar-refractivity contribution in [1.29, 1.82) is 0 Å². The highest BCUT2D eigenvalue weighted by atomic mass is 35.5. The Morgan fingerprint density at radius 1 is 0.939 bits per heavy atom. The number of benzene rings is 2. The van der Waals surface area contributed by atoms with Crippen molar-refractivity contribution in [1.82, 2.24) is 14.7 Å². The second-order valence-corrected chi connectivity index (χ2v) is 8.39. The van der Waals surface area contributed by atoms with Crippen molar-refractivity contribution in [3.05, 3.63) is 70.2 Å². The molecule has 3 amide bonds. The molecule has 1 fully saturated rings. The lowest BCUT2D eigenvalue weighted by molar-refractivity contribution is -0.148. The number of imide groups is 1. The van der Waals surface area contributed by atoms with Crippen molar-refractivity contribution >= 4 is 35.3 Å². The molecule has 2 aliphatic heterocycles. The van der Waals surface area contributed by atoms with E-state index in [1.165, 1.54) is 7.11 Å². The van der Waals surface area contributed by atoms with Crippen LogP contribution in [-0.2, 0) is 14.3 Å². The third kappa shape index (κ3) is 4.62. The van der Waals surface area contributed by atoms with E-state index >= 15 is 0 Å². The van der Waals surface area contributed by atoms with Gasteiger partial charge in [0.1, 0.15) is 6.04 Å². The van der Waals surface area contributed by atoms with E-state index in [2.05, 4.69) is 0 Å². The van der Waals surface area contributed by atoms with Gasteiger partial charge in [0.05, 0.1) is 18.2 Å². The smallest absolute Gasteiger partial charge is 0.327 e. The molecular formula is C24H24ClN3O5. The van der Waals surface area contributed by atoms with E-state index in [9.17, 15) is 19.2 Å². The Kier molecular flexibility index (Phi) is 6.76. The van der Waals surface area contributed by atoms with E-state index in [-0.39, 0.29) is 36.7 Å². The molecule has 4 rings (SSSR count). The predicted molar refractivity (Wildman–Crippen MR) is 121 cm³/mol. The molecule has 8 nitrogen and oxygen atoms in total. The van der Waals surface area contributed by atoms with E-state index in [0.29, 0.717) is 42.3 Å². The molecule has 0 bridgehead atoms. The predicted octanol–water partition coefficient (Wildman–Crippen LogP) is 2.38. The van der Waals surface area contributed by atoms with Crippen molar-refractivity contribution in [2.45, 2.75) is 12.5 Å². The maximum atomic E-state index is 12.8. The van der Waals surface area contributed by atoms with Crippen molar-refractivity contribution in [3.63, 3.8) is 0 Å². The van der Waals surface area contributed by atoms with Crippen LogP contribution in [0, 0.1) is 0 Å². The molecule has 1 unspecified atom stereocenters. The van der Waals surface area contributed by atoms with Crippen LogP contribution in [0.15, 0.2) is 48.5 Å². The third-order valence-corrected chi connectivity index (χ3v) is 6.32. The summed E-state index contributed by atoms with van der Waals surface area (Å²) < 4.78 is 5.00. The first-order chi connectivity index (χ1) is 15.9. The van der Waals surface area contributed by atoms with Crippen LogP contribution < -0.4 is 0 Å². The SMILES string of the molecule is COC(=O)C(c1ccc(Cl)cc1)N1CCN(C(=O)CCN2C(=O)c3ccccc3C2=O)CC1. The zero-order chi connectivity index (χ0) is 23.5. The number of carbonyl (C=O) groups is 4. The lowest BCUT2D eigenvalue weighted by Crippen LogP contribution is -2.51. The minimum atomic E-state index is -0.581. The number of piperazine rings is 1. The molecule has 9 heteroatoms. The molecule has 0 radical (unpaired) electrons. The largest absolute Gasteiger partial charge is 0.468 e. The maximum absolute atomic E-state index is 12.8. The van der Waals surface area contributed by atoms with Gasteiger partial charge in [-0.2, -0.15) is 0 Å². The summed E-state index contributed by atoms with van der Waals surface area (Å²) in [5.74, 6) is -1.23. The molecule has 0 aliphatic carbocycles. The zero-order valence-electron chi connectivity index (χ0n) is 18.2. The lowest BCUT2D eigenvalue weighted by atomic mass is 10.0. The van der Waals surface area contributed by atoms with Gasteiger partial charge < -0.3 is 9.64 Å². The number of hydrogen-bond donors (Lipinski definition) is 0. The van der Waals surface area contributed by atoms with Gasteiger partial charge >= 0.3 is 5.97 Å². The Morgan fingerprint density at radius 3 is 2.06 bits per heavy atom. The first-order valence-electron chi connectivity index (χ1n) is 10.7. The highest BCUT2D eigenvalue weighted by Gasteiger charge is 2.36. The van der Waals surface area contributed by atoms with Gasteiger partial charge in [-0.05, 0) is 29.8 Å². The van der Waals surface area contributed by atoms with Gasteiger partial charge in [0.25, 0.3) is 11.8 Å². The van der Waals surface area contributed by atoms with Crippen molar-refractivity contribution < 1.29 is 23.9 Å². The number of esters is 1. The summed E-state index contributed by atoms with van der Waals surface area (Å²) in [6, 6.07) is 13.1. The molecule has 0 saturated carbocycles. The van der Waals surface area contributed by atoms with E-state index in [1.54, 1.807) is 53.4 Å². The Balaban J connectivity index is 1.34. The Labute approximate surface area is 196 Å². The van der Waals surface area contributed by atoms with Crippen molar-refractivity contribution in [2.24, 2.45) is 0 Å². The highest BCUT2D eigenvalue weighted by molar-refractivity contribution is 6.30. The van der Waals surface area contributed by atoms with Gasteiger partial charge in [-0.25, -0.2) is 4.79 Å².